The molecule has 1 saturated carbocycles. The van der Waals surface area contributed by atoms with Gasteiger partial charge in [-0.25, -0.2) is 4.57 Å². The van der Waals surface area contributed by atoms with Gasteiger partial charge in [-0.3, -0.25) is 13.6 Å². The van der Waals surface area contributed by atoms with Crippen molar-refractivity contribution in [1.29, 1.82) is 0 Å². The van der Waals surface area contributed by atoms with Crippen LogP contribution < -0.4 is 0 Å². The molecule has 5 heteroatoms. The number of hydrogen-bond donors (Lipinski definition) is 0. The first-order chi connectivity index (χ1) is 10.2. The van der Waals surface area contributed by atoms with Gasteiger partial charge in [-0.05, 0) is 35.7 Å². The molecule has 0 amide bonds. The van der Waals surface area contributed by atoms with Gasteiger partial charge in [-0.1, -0.05) is 42.5 Å². The molecule has 2 aliphatic carbocycles. The van der Waals surface area contributed by atoms with E-state index in [0.717, 1.165) is 5.56 Å². The van der Waals surface area contributed by atoms with Crippen molar-refractivity contribution in [2.75, 3.05) is 13.2 Å². The summed E-state index contributed by atoms with van der Waals surface area (Å²) < 4.78 is 29.2. The van der Waals surface area contributed by atoms with Crippen molar-refractivity contribution in [2.24, 2.45) is 23.7 Å². The Labute approximate surface area is 124 Å². The third-order valence-electron chi connectivity index (χ3n) is 4.88. The van der Waals surface area contributed by atoms with Gasteiger partial charge in [0.2, 0.25) is 0 Å². The Balaban J connectivity index is 1.41. The second-order valence-corrected chi connectivity index (χ2v) is 7.74. The summed E-state index contributed by atoms with van der Waals surface area (Å²) >= 11 is 0. The lowest BCUT2D eigenvalue weighted by atomic mass is 9.84. The Morgan fingerprint density at radius 2 is 1.67 bits per heavy atom. The summed E-state index contributed by atoms with van der Waals surface area (Å²) in [6, 6.07) is 9.66. The molecule has 4 rings (SSSR count). The summed E-state index contributed by atoms with van der Waals surface area (Å²) in [6.07, 6.45) is 5.74. The summed E-state index contributed by atoms with van der Waals surface area (Å²) in [4.78, 5) is 0. The largest absolute Gasteiger partial charge is 0.475 e. The number of rotatable bonds is 3. The fourth-order valence-corrected chi connectivity index (χ4v) is 4.96. The van der Waals surface area contributed by atoms with E-state index in [9.17, 15) is 4.57 Å². The average molecular weight is 306 g/mol. The van der Waals surface area contributed by atoms with Crippen molar-refractivity contribution in [3.63, 3.8) is 0 Å². The maximum absolute atomic E-state index is 12.6. The normalized spacial score (nSPS) is 41.0. The van der Waals surface area contributed by atoms with Gasteiger partial charge in [0.15, 0.2) is 0 Å². The summed E-state index contributed by atoms with van der Waals surface area (Å²) in [7, 11) is -3.43. The zero-order valence-electron chi connectivity index (χ0n) is 11.8. The molecule has 4 nitrogen and oxygen atoms in total. The van der Waals surface area contributed by atoms with E-state index >= 15 is 0 Å². The molecule has 2 unspecified atom stereocenters. The Kier molecular flexibility index (Phi) is 3.50. The molecule has 3 aliphatic rings. The predicted octanol–water partition coefficient (Wildman–Crippen LogP) is 3.80. The van der Waals surface area contributed by atoms with Gasteiger partial charge in [-0.2, -0.15) is 0 Å². The van der Waals surface area contributed by atoms with E-state index in [-0.39, 0.29) is 6.61 Å². The van der Waals surface area contributed by atoms with Gasteiger partial charge in [0.25, 0.3) is 0 Å². The van der Waals surface area contributed by atoms with Crippen molar-refractivity contribution in [2.45, 2.75) is 13.0 Å². The van der Waals surface area contributed by atoms with Gasteiger partial charge in [-0.15, -0.1) is 0 Å². The zero-order chi connectivity index (χ0) is 14.3. The molecule has 0 radical (unpaired) electrons. The molecule has 1 aromatic rings. The van der Waals surface area contributed by atoms with E-state index < -0.39 is 7.82 Å². The predicted molar refractivity (Wildman–Crippen MR) is 78.5 cm³/mol. The zero-order valence-corrected chi connectivity index (χ0v) is 12.7. The molecule has 112 valence electrons. The molecule has 1 saturated heterocycles. The molecule has 0 N–H and O–H groups in total. The average Bonchev–Trinajstić information content (AvgIpc) is 3.07. The van der Waals surface area contributed by atoms with Gasteiger partial charge >= 0.3 is 7.82 Å². The highest BCUT2D eigenvalue weighted by Gasteiger charge is 2.48. The lowest BCUT2D eigenvalue weighted by Gasteiger charge is -2.23. The van der Waals surface area contributed by atoms with Gasteiger partial charge in [0, 0.05) is 0 Å². The molecular formula is C16H19O4P. The Morgan fingerprint density at radius 3 is 2.29 bits per heavy atom. The van der Waals surface area contributed by atoms with Crippen molar-refractivity contribution in [3.8, 4) is 0 Å². The van der Waals surface area contributed by atoms with Crippen molar-refractivity contribution in [1.82, 2.24) is 0 Å². The van der Waals surface area contributed by atoms with E-state index in [4.69, 9.17) is 13.6 Å². The van der Waals surface area contributed by atoms with Crippen LogP contribution in [0, 0.1) is 23.7 Å². The van der Waals surface area contributed by atoms with Crippen LogP contribution in [-0.2, 0) is 24.7 Å². The van der Waals surface area contributed by atoms with E-state index in [0.29, 0.717) is 36.9 Å². The van der Waals surface area contributed by atoms with Gasteiger partial charge in [0.05, 0.1) is 19.8 Å². The van der Waals surface area contributed by atoms with Crippen molar-refractivity contribution < 1.29 is 18.1 Å². The minimum Gasteiger partial charge on any atom is -0.287 e. The fourth-order valence-electron chi connectivity index (χ4n) is 3.72. The molecule has 21 heavy (non-hydrogen) atoms. The van der Waals surface area contributed by atoms with Crippen LogP contribution in [0.25, 0.3) is 0 Å². The number of hydrogen-bond acceptors (Lipinski definition) is 4. The molecule has 0 spiro atoms. The second kappa shape index (κ2) is 5.36. The summed E-state index contributed by atoms with van der Waals surface area (Å²) in [5.41, 5.74) is 0.964. The highest BCUT2D eigenvalue weighted by Crippen LogP contribution is 2.58. The summed E-state index contributed by atoms with van der Waals surface area (Å²) in [6.45, 7) is 1.20. The van der Waals surface area contributed by atoms with Crippen LogP contribution >= 0.6 is 7.82 Å². The van der Waals surface area contributed by atoms with E-state index in [2.05, 4.69) is 12.2 Å². The molecule has 1 heterocycles. The smallest absolute Gasteiger partial charge is 0.287 e. The highest BCUT2D eigenvalue weighted by atomic mass is 31.2. The van der Waals surface area contributed by atoms with E-state index in [1.54, 1.807) is 0 Å². The van der Waals surface area contributed by atoms with Crippen LogP contribution in [0.5, 0.6) is 0 Å². The Bertz CT molecular complexity index is 559. The standard InChI is InChI=1S/C16H19O4P/c17-21(18-9-12-4-2-1-3-5-12)19-10-15-13-6-7-14(8-13)16(15)11-20-21/h1-7,13-16H,8-11H2/t13-,14?,15-,16+,21?/m0/s1. The Hall–Kier alpha value is -0.930. The van der Waals surface area contributed by atoms with Crippen molar-refractivity contribution in [3.05, 3.63) is 48.0 Å². The summed E-state index contributed by atoms with van der Waals surface area (Å²) in [5.74, 6) is 1.97. The van der Waals surface area contributed by atoms with E-state index in [1.807, 2.05) is 30.3 Å². The monoisotopic (exact) mass is 306 g/mol. The van der Waals surface area contributed by atoms with Crippen molar-refractivity contribution >= 4 is 7.82 Å². The quantitative estimate of drug-likeness (QED) is 0.629. The highest BCUT2D eigenvalue weighted by molar-refractivity contribution is 7.48. The number of benzene rings is 1. The molecule has 5 atom stereocenters. The van der Waals surface area contributed by atoms with Crippen LogP contribution in [-0.4, -0.2) is 13.2 Å². The first-order valence-electron chi connectivity index (χ1n) is 7.49. The van der Waals surface area contributed by atoms with Crippen LogP contribution in [0.4, 0.5) is 0 Å². The minimum absolute atomic E-state index is 0.249. The fraction of sp³-hybridized carbons (Fsp3) is 0.500. The second-order valence-electron chi connectivity index (χ2n) is 6.07. The number of allylic oxidation sites excluding steroid dienone is 2. The minimum atomic E-state index is -3.43. The van der Waals surface area contributed by atoms with Gasteiger partial charge in [0.1, 0.15) is 0 Å². The van der Waals surface area contributed by atoms with Crippen LogP contribution in [0.1, 0.15) is 12.0 Å². The molecular weight excluding hydrogens is 287 g/mol. The van der Waals surface area contributed by atoms with Crippen LogP contribution in [0.3, 0.4) is 0 Å². The number of fused-ring (bicyclic) bond motifs is 5. The lowest BCUT2D eigenvalue weighted by molar-refractivity contribution is 0.118. The number of phosphoric acid groups is 1. The first-order valence-corrected chi connectivity index (χ1v) is 8.95. The van der Waals surface area contributed by atoms with Gasteiger partial charge < -0.3 is 0 Å². The maximum Gasteiger partial charge on any atom is 0.475 e. The molecule has 2 bridgehead atoms. The SMILES string of the molecule is O=P1(OCc2ccccc2)OC[C@@H]2[C@H](CO1)C1C=C[C@H]2C1. The molecule has 1 aromatic carbocycles. The first kappa shape index (κ1) is 13.7. The third-order valence-corrected chi connectivity index (χ3v) is 6.26. The topological polar surface area (TPSA) is 44.8 Å². The Morgan fingerprint density at radius 1 is 1.05 bits per heavy atom. The molecule has 2 fully saturated rings. The summed E-state index contributed by atoms with van der Waals surface area (Å²) in [5, 5.41) is 0. The van der Waals surface area contributed by atoms with Crippen LogP contribution in [0.2, 0.25) is 0 Å². The van der Waals surface area contributed by atoms with E-state index in [1.165, 1.54) is 6.42 Å². The lowest BCUT2D eigenvalue weighted by Crippen LogP contribution is -2.24. The number of phosphoric ester groups is 1. The van der Waals surface area contributed by atoms with Crippen LogP contribution in [0.15, 0.2) is 42.5 Å². The molecule has 1 aliphatic heterocycles. The third kappa shape index (κ3) is 2.62. The maximum atomic E-state index is 12.6. The molecule has 0 aromatic heterocycles.